The molecule has 1 atom stereocenters. The standard InChI is InChI=1S/C28H30FN5O2/c1-19-15-22-25(9-10-31-27(22)32-19)36-26-8-7-21(16-23(26)29)17-24(30)28(35)34-13-11-33(12-14-34)18-20-5-3-2-4-6-20/h2-10,15-16,24H,11-14,17-18,30H2,1H3,(H,31,32). The van der Waals surface area contributed by atoms with Gasteiger partial charge in [0.2, 0.25) is 5.91 Å². The van der Waals surface area contributed by atoms with E-state index in [4.69, 9.17) is 10.5 Å². The van der Waals surface area contributed by atoms with Crippen molar-refractivity contribution < 1.29 is 13.9 Å². The first-order valence-electron chi connectivity index (χ1n) is 12.2. The first-order valence-corrected chi connectivity index (χ1v) is 12.2. The fourth-order valence-electron chi connectivity index (χ4n) is 4.64. The third kappa shape index (κ3) is 5.40. The molecule has 0 bridgehead atoms. The molecule has 0 radical (unpaired) electrons. The molecule has 5 rings (SSSR count). The van der Waals surface area contributed by atoms with Crippen molar-refractivity contribution in [2.45, 2.75) is 25.9 Å². The van der Waals surface area contributed by atoms with Crippen molar-refractivity contribution in [1.29, 1.82) is 0 Å². The van der Waals surface area contributed by atoms with Crippen LogP contribution in [-0.4, -0.2) is 57.9 Å². The van der Waals surface area contributed by atoms with E-state index in [0.717, 1.165) is 30.7 Å². The van der Waals surface area contributed by atoms with Gasteiger partial charge in [-0.3, -0.25) is 9.69 Å². The van der Waals surface area contributed by atoms with Gasteiger partial charge in [-0.1, -0.05) is 36.4 Å². The lowest BCUT2D eigenvalue weighted by atomic mass is 10.0. The number of fused-ring (bicyclic) bond motifs is 1. The summed E-state index contributed by atoms with van der Waals surface area (Å²) in [6, 6.07) is 17.9. The normalized spacial score (nSPS) is 15.2. The highest BCUT2D eigenvalue weighted by Crippen LogP contribution is 2.31. The minimum Gasteiger partial charge on any atom is -0.453 e. The number of halogens is 1. The van der Waals surface area contributed by atoms with Gasteiger partial charge in [-0.25, -0.2) is 9.37 Å². The molecule has 1 saturated heterocycles. The molecule has 0 saturated carbocycles. The molecule has 0 spiro atoms. The predicted octanol–water partition coefficient (Wildman–Crippen LogP) is 4.02. The van der Waals surface area contributed by atoms with E-state index in [-0.39, 0.29) is 18.1 Å². The molecule has 7 nitrogen and oxygen atoms in total. The number of carbonyl (C=O) groups is 1. The summed E-state index contributed by atoms with van der Waals surface area (Å²) in [6.07, 6.45) is 1.88. The van der Waals surface area contributed by atoms with Crippen LogP contribution in [0.15, 0.2) is 66.9 Å². The van der Waals surface area contributed by atoms with Crippen LogP contribution in [0.25, 0.3) is 11.0 Å². The maximum atomic E-state index is 14.9. The molecule has 4 aromatic rings. The number of ether oxygens (including phenoxy) is 1. The summed E-state index contributed by atoms with van der Waals surface area (Å²) in [5, 5.41) is 0.787. The smallest absolute Gasteiger partial charge is 0.239 e. The summed E-state index contributed by atoms with van der Waals surface area (Å²) in [6.45, 7) is 5.68. The fraction of sp³-hybridized carbons (Fsp3) is 0.286. The van der Waals surface area contributed by atoms with Crippen LogP contribution in [0.1, 0.15) is 16.8 Å². The number of hydrogen-bond donors (Lipinski definition) is 2. The van der Waals surface area contributed by atoms with E-state index < -0.39 is 11.9 Å². The molecule has 2 aromatic heterocycles. The summed E-state index contributed by atoms with van der Waals surface area (Å²) in [5.74, 6) is 0.0322. The van der Waals surface area contributed by atoms with E-state index in [1.165, 1.54) is 11.6 Å². The molecule has 1 aliphatic rings. The van der Waals surface area contributed by atoms with E-state index in [0.29, 0.717) is 30.0 Å². The Morgan fingerprint density at radius 3 is 2.58 bits per heavy atom. The van der Waals surface area contributed by atoms with Crippen molar-refractivity contribution in [1.82, 2.24) is 19.8 Å². The van der Waals surface area contributed by atoms with Gasteiger partial charge in [0.15, 0.2) is 11.6 Å². The number of aromatic nitrogens is 2. The summed E-state index contributed by atoms with van der Waals surface area (Å²) >= 11 is 0. The van der Waals surface area contributed by atoms with Gasteiger partial charge >= 0.3 is 0 Å². The zero-order valence-electron chi connectivity index (χ0n) is 20.3. The average molecular weight is 488 g/mol. The van der Waals surface area contributed by atoms with Crippen LogP contribution < -0.4 is 10.5 Å². The second kappa shape index (κ2) is 10.5. The Balaban J connectivity index is 1.17. The van der Waals surface area contributed by atoms with Gasteiger partial charge in [0, 0.05) is 44.6 Å². The number of piperazine rings is 1. The van der Waals surface area contributed by atoms with Gasteiger partial charge in [-0.15, -0.1) is 0 Å². The SMILES string of the molecule is Cc1cc2c(Oc3ccc(CC(N)C(=O)N4CCN(Cc5ccccc5)CC4)cc3F)ccnc2[nH]1. The molecular weight excluding hydrogens is 457 g/mol. The van der Waals surface area contributed by atoms with E-state index in [2.05, 4.69) is 27.0 Å². The molecule has 2 aromatic carbocycles. The predicted molar refractivity (Wildman–Crippen MR) is 137 cm³/mol. The first-order chi connectivity index (χ1) is 17.5. The quantitative estimate of drug-likeness (QED) is 0.411. The number of amides is 1. The number of aromatic amines is 1. The Labute approximate surface area is 209 Å². The van der Waals surface area contributed by atoms with Gasteiger partial charge in [-0.05, 0) is 48.7 Å². The third-order valence-corrected chi connectivity index (χ3v) is 6.55. The highest BCUT2D eigenvalue weighted by atomic mass is 19.1. The van der Waals surface area contributed by atoms with Crippen LogP contribution in [0.3, 0.4) is 0 Å². The topological polar surface area (TPSA) is 87.5 Å². The minimum absolute atomic E-state index is 0.0999. The molecule has 3 N–H and O–H groups in total. The van der Waals surface area contributed by atoms with E-state index in [1.54, 1.807) is 24.4 Å². The Hall–Kier alpha value is -3.75. The lowest BCUT2D eigenvalue weighted by Gasteiger charge is -2.36. The number of benzene rings is 2. The monoisotopic (exact) mass is 487 g/mol. The highest BCUT2D eigenvalue weighted by molar-refractivity contribution is 5.83. The lowest BCUT2D eigenvalue weighted by Crippen LogP contribution is -2.53. The molecule has 0 aliphatic carbocycles. The number of aryl methyl sites for hydroxylation is 1. The van der Waals surface area contributed by atoms with Crippen LogP contribution in [0.5, 0.6) is 11.5 Å². The molecular formula is C28H30FN5O2. The molecule has 8 heteroatoms. The zero-order valence-corrected chi connectivity index (χ0v) is 20.3. The Morgan fingerprint density at radius 1 is 1.06 bits per heavy atom. The van der Waals surface area contributed by atoms with Crippen molar-refractivity contribution in [3.63, 3.8) is 0 Å². The molecule has 3 heterocycles. The lowest BCUT2D eigenvalue weighted by molar-refractivity contribution is -0.134. The largest absolute Gasteiger partial charge is 0.453 e. The van der Waals surface area contributed by atoms with Crippen molar-refractivity contribution in [3.8, 4) is 11.5 Å². The number of carbonyl (C=O) groups excluding carboxylic acids is 1. The number of pyridine rings is 1. The van der Waals surface area contributed by atoms with Crippen molar-refractivity contribution in [2.24, 2.45) is 5.73 Å². The summed E-state index contributed by atoms with van der Waals surface area (Å²) in [4.78, 5) is 24.5. The van der Waals surface area contributed by atoms with Gasteiger partial charge in [-0.2, -0.15) is 0 Å². The summed E-state index contributed by atoms with van der Waals surface area (Å²) in [7, 11) is 0. The molecule has 1 fully saturated rings. The van der Waals surface area contributed by atoms with Crippen molar-refractivity contribution in [3.05, 3.63) is 89.5 Å². The maximum Gasteiger partial charge on any atom is 0.239 e. The number of nitrogens with two attached hydrogens (primary N) is 1. The van der Waals surface area contributed by atoms with E-state index in [9.17, 15) is 9.18 Å². The number of hydrogen-bond acceptors (Lipinski definition) is 5. The zero-order chi connectivity index (χ0) is 25.1. The Kier molecular flexibility index (Phi) is 6.97. The highest BCUT2D eigenvalue weighted by Gasteiger charge is 2.25. The van der Waals surface area contributed by atoms with E-state index in [1.807, 2.05) is 36.1 Å². The summed E-state index contributed by atoms with van der Waals surface area (Å²) in [5.41, 5.74) is 9.80. The van der Waals surface area contributed by atoms with Crippen LogP contribution in [0, 0.1) is 12.7 Å². The number of H-pyrrole nitrogens is 1. The van der Waals surface area contributed by atoms with Gasteiger partial charge < -0.3 is 20.4 Å². The summed E-state index contributed by atoms with van der Waals surface area (Å²) < 4.78 is 20.7. The number of rotatable bonds is 7. The first kappa shape index (κ1) is 24.0. The maximum absolute atomic E-state index is 14.9. The third-order valence-electron chi connectivity index (χ3n) is 6.55. The van der Waals surface area contributed by atoms with Gasteiger partial charge in [0.25, 0.3) is 0 Å². The van der Waals surface area contributed by atoms with Crippen LogP contribution >= 0.6 is 0 Å². The molecule has 1 unspecified atom stereocenters. The Bertz CT molecular complexity index is 1350. The van der Waals surface area contributed by atoms with Crippen LogP contribution in [0.2, 0.25) is 0 Å². The molecule has 1 aliphatic heterocycles. The minimum atomic E-state index is -0.723. The van der Waals surface area contributed by atoms with Gasteiger partial charge in [0.1, 0.15) is 11.4 Å². The van der Waals surface area contributed by atoms with E-state index >= 15 is 0 Å². The van der Waals surface area contributed by atoms with Crippen molar-refractivity contribution in [2.75, 3.05) is 26.2 Å². The molecule has 1 amide bonds. The Morgan fingerprint density at radius 2 is 1.83 bits per heavy atom. The van der Waals surface area contributed by atoms with Gasteiger partial charge in [0.05, 0.1) is 11.4 Å². The molecule has 36 heavy (non-hydrogen) atoms. The van der Waals surface area contributed by atoms with Crippen LogP contribution in [0.4, 0.5) is 4.39 Å². The number of nitrogens with one attached hydrogen (secondary N) is 1. The van der Waals surface area contributed by atoms with Crippen molar-refractivity contribution >= 4 is 16.9 Å². The van der Waals surface area contributed by atoms with Crippen LogP contribution in [-0.2, 0) is 17.8 Å². The average Bonchev–Trinajstić information content (AvgIpc) is 3.27. The molecule has 186 valence electrons. The number of nitrogens with zero attached hydrogens (tertiary/aromatic N) is 3. The second-order valence-electron chi connectivity index (χ2n) is 9.29. The second-order valence-corrected chi connectivity index (χ2v) is 9.29. The fourth-order valence-corrected chi connectivity index (χ4v) is 4.64.